The zero-order chi connectivity index (χ0) is 17.9. The van der Waals surface area contributed by atoms with Gasteiger partial charge >= 0.3 is 0 Å². The molecule has 0 unspecified atom stereocenters. The Balaban J connectivity index is 1.70. The second kappa shape index (κ2) is 7.36. The fourth-order valence-corrected chi connectivity index (χ4v) is 4.03. The molecule has 1 heterocycles. The summed E-state index contributed by atoms with van der Waals surface area (Å²) in [5.74, 6) is 2.31. The van der Waals surface area contributed by atoms with E-state index in [-0.39, 0.29) is 0 Å². The van der Waals surface area contributed by atoms with E-state index >= 15 is 0 Å². The molecule has 0 aliphatic heterocycles. The zero-order valence-corrected chi connectivity index (χ0v) is 15.5. The number of methoxy groups -OCH3 is 2. The highest BCUT2D eigenvalue weighted by molar-refractivity contribution is 5.91. The predicted molar refractivity (Wildman–Crippen MR) is 106 cm³/mol. The highest BCUT2D eigenvalue weighted by Gasteiger charge is 2.16. The van der Waals surface area contributed by atoms with Crippen LogP contribution < -0.4 is 9.47 Å². The summed E-state index contributed by atoms with van der Waals surface area (Å²) in [5.41, 5.74) is 4.39. The van der Waals surface area contributed by atoms with Crippen molar-refractivity contribution in [2.45, 2.75) is 38.0 Å². The summed E-state index contributed by atoms with van der Waals surface area (Å²) in [6, 6.07) is 16.9. The van der Waals surface area contributed by atoms with E-state index in [1.807, 2.05) is 12.1 Å². The Morgan fingerprint density at radius 2 is 1.46 bits per heavy atom. The molecule has 1 fully saturated rings. The van der Waals surface area contributed by atoms with Gasteiger partial charge in [-0.3, -0.25) is 0 Å². The third-order valence-electron chi connectivity index (χ3n) is 5.50. The van der Waals surface area contributed by atoms with E-state index in [2.05, 4.69) is 36.4 Å². The molecule has 1 aliphatic rings. The van der Waals surface area contributed by atoms with Crippen LogP contribution >= 0.6 is 0 Å². The first-order chi connectivity index (χ1) is 12.8. The SMILES string of the molecule is COc1ccc(OC)c2nc(-c3ccc(C4CCCCC4)cc3)ccc12. The van der Waals surface area contributed by atoms with E-state index in [1.54, 1.807) is 14.2 Å². The molecule has 1 aliphatic carbocycles. The summed E-state index contributed by atoms with van der Waals surface area (Å²) < 4.78 is 11.0. The number of ether oxygens (including phenoxy) is 2. The Morgan fingerprint density at radius 3 is 2.15 bits per heavy atom. The number of benzene rings is 2. The van der Waals surface area contributed by atoms with Gasteiger partial charge in [0.2, 0.25) is 0 Å². The lowest BCUT2D eigenvalue weighted by molar-refractivity contribution is 0.410. The minimum Gasteiger partial charge on any atom is -0.496 e. The maximum atomic E-state index is 5.50. The first kappa shape index (κ1) is 16.9. The number of hydrogen-bond donors (Lipinski definition) is 0. The largest absolute Gasteiger partial charge is 0.496 e. The maximum Gasteiger partial charge on any atom is 0.145 e. The molecule has 3 aromatic rings. The summed E-state index contributed by atoms with van der Waals surface area (Å²) in [6.45, 7) is 0. The van der Waals surface area contributed by atoms with Crippen LogP contribution in [-0.4, -0.2) is 19.2 Å². The van der Waals surface area contributed by atoms with Crippen LogP contribution in [0.4, 0.5) is 0 Å². The molecule has 4 rings (SSSR count). The summed E-state index contributed by atoms with van der Waals surface area (Å²) in [6.07, 6.45) is 6.76. The van der Waals surface area contributed by atoms with Crippen molar-refractivity contribution in [1.29, 1.82) is 0 Å². The fraction of sp³-hybridized carbons (Fsp3) is 0.348. The van der Waals surface area contributed by atoms with Gasteiger partial charge in [0, 0.05) is 10.9 Å². The molecule has 0 amide bonds. The van der Waals surface area contributed by atoms with Crippen molar-refractivity contribution in [1.82, 2.24) is 4.98 Å². The number of aromatic nitrogens is 1. The van der Waals surface area contributed by atoms with Gasteiger partial charge in [0.25, 0.3) is 0 Å². The minimum absolute atomic E-state index is 0.728. The van der Waals surface area contributed by atoms with Gasteiger partial charge in [-0.25, -0.2) is 4.98 Å². The van der Waals surface area contributed by atoms with Gasteiger partial charge in [-0.15, -0.1) is 0 Å². The van der Waals surface area contributed by atoms with Gasteiger partial charge in [-0.1, -0.05) is 43.5 Å². The molecule has 0 bridgehead atoms. The maximum absolute atomic E-state index is 5.50. The van der Waals surface area contributed by atoms with Gasteiger partial charge < -0.3 is 9.47 Å². The normalized spacial score (nSPS) is 15.2. The van der Waals surface area contributed by atoms with Gasteiger partial charge in [0.1, 0.15) is 17.0 Å². The van der Waals surface area contributed by atoms with E-state index in [0.717, 1.165) is 39.6 Å². The molecule has 26 heavy (non-hydrogen) atoms. The highest BCUT2D eigenvalue weighted by Crippen LogP contribution is 2.35. The smallest absolute Gasteiger partial charge is 0.145 e. The molecular formula is C23H25NO2. The molecule has 134 valence electrons. The predicted octanol–water partition coefficient (Wildman–Crippen LogP) is 5.97. The van der Waals surface area contributed by atoms with Crippen LogP contribution in [0.15, 0.2) is 48.5 Å². The monoisotopic (exact) mass is 347 g/mol. The van der Waals surface area contributed by atoms with Crippen molar-refractivity contribution in [2.24, 2.45) is 0 Å². The summed E-state index contributed by atoms with van der Waals surface area (Å²) in [4.78, 5) is 4.86. The Hall–Kier alpha value is -2.55. The highest BCUT2D eigenvalue weighted by atomic mass is 16.5. The minimum atomic E-state index is 0.728. The fourth-order valence-electron chi connectivity index (χ4n) is 4.03. The van der Waals surface area contributed by atoms with Crippen LogP contribution in [0.1, 0.15) is 43.6 Å². The number of rotatable bonds is 4. The van der Waals surface area contributed by atoms with Crippen molar-refractivity contribution in [3.63, 3.8) is 0 Å². The Kier molecular flexibility index (Phi) is 4.79. The number of fused-ring (bicyclic) bond motifs is 1. The van der Waals surface area contributed by atoms with Crippen LogP contribution in [-0.2, 0) is 0 Å². The van der Waals surface area contributed by atoms with Crippen molar-refractivity contribution < 1.29 is 9.47 Å². The molecule has 1 saturated carbocycles. The molecule has 0 N–H and O–H groups in total. The molecule has 0 atom stereocenters. The molecule has 2 aromatic carbocycles. The van der Waals surface area contributed by atoms with E-state index in [9.17, 15) is 0 Å². The standard InChI is InChI=1S/C23H25NO2/c1-25-21-14-15-22(26-2)23-19(21)12-13-20(24-23)18-10-8-17(9-11-18)16-6-4-3-5-7-16/h8-16H,3-7H2,1-2H3. The van der Waals surface area contributed by atoms with Crippen LogP contribution in [0.5, 0.6) is 11.5 Å². The number of hydrogen-bond acceptors (Lipinski definition) is 3. The molecule has 0 radical (unpaired) electrons. The van der Waals surface area contributed by atoms with E-state index < -0.39 is 0 Å². The van der Waals surface area contributed by atoms with Crippen molar-refractivity contribution >= 4 is 10.9 Å². The van der Waals surface area contributed by atoms with Gasteiger partial charge in [-0.2, -0.15) is 0 Å². The van der Waals surface area contributed by atoms with Crippen molar-refractivity contribution in [3.8, 4) is 22.8 Å². The Morgan fingerprint density at radius 1 is 0.769 bits per heavy atom. The lowest BCUT2D eigenvalue weighted by Gasteiger charge is -2.22. The van der Waals surface area contributed by atoms with Crippen LogP contribution in [0.2, 0.25) is 0 Å². The van der Waals surface area contributed by atoms with Crippen molar-refractivity contribution in [2.75, 3.05) is 14.2 Å². The Labute approximate surface area is 155 Å². The quantitative estimate of drug-likeness (QED) is 0.583. The summed E-state index contributed by atoms with van der Waals surface area (Å²) in [5, 5.41) is 0.967. The van der Waals surface area contributed by atoms with Crippen molar-refractivity contribution in [3.05, 3.63) is 54.1 Å². The molecular weight excluding hydrogens is 322 g/mol. The third kappa shape index (κ3) is 3.14. The van der Waals surface area contributed by atoms with E-state index in [1.165, 1.54) is 37.7 Å². The molecule has 0 spiro atoms. The van der Waals surface area contributed by atoms with Crippen LogP contribution in [0.3, 0.4) is 0 Å². The van der Waals surface area contributed by atoms with Gasteiger partial charge in [-0.05, 0) is 48.6 Å². The van der Waals surface area contributed by atoms with Gasteiger partial charge in [0.05, 0.1) is 19.9 Å². The average molecular weight is 347 g/mol. The van der Waals surface area contributed by atoms with E-state index in [0.29, 0.717) is 0 Å². The molecule has 3 heteroatoms. The molecule has 0 saturated heterocycles. The van der Waals surface area contributed by atoms with Gasteiger partial charge in [0.15, 0.2) is 0 Å². The lowest BCUT2D eigenvalue weighted by Crippen LogP contribution is -2.04. The third-order valence-corrected chi connectivity index (χ3v) is 5.50. The number of nitrogens with zero attached hydrogens (tertiary/aromatic N) is 1. The number of pyridine rings is 1. The topological polar surface area (TPSA) is 31.4 Å². The molecule has 3 nitrogen and oxygen atoms in total. The second-order valence-electron chi connectivity index (χ2n) is 7.02. The first-order valence-corrected chi connectivity index (χ1v) is 9.42. The Bertz CT molecular complexity index is 896. The summed E-state index contributed by atoms with van der Waals surface area (Å²) >= 11 is 0. The summed E-state index contributed by atoms with van der Waals surface area (Å²) in [7, 11) is 3.35. The van der Waals surface area contributed by atoms with E-state index in [4.69, 9.17) is 14.5 Å². The van der Waals surface area contributed by atoms with Crippen LogP contribution in [0.25, 0.3) is 22.2 Å². The average Bonchev–Trinajstić information content (AvgIpc) is 2.73. The second-order valence-corrected chi connectivity index (χ2v) is 7.02. The van der Waals surface area contributed by atoms with Crippen LogP contribution in [0, 0.1) is 0 Å². The lowest BCUT2D eigenvalue weighted by atomic mass is 9.84. The first-order valence-electron chi connectivity index (χ1n) is 9.42. The molecule has 1 aromatic heterocycles. The zero-order valence-electron chi connectivity index (χ0n) is 15.5.